The van der Waals surface area contributed by atoms with Gasteiger partial charge in [0.15, 0.2) is 0 Å². The van der Waals surface area contributed by atoms with Crippen molar-refractivity contribution in [2.24, 2.45) is 0 Å². The summed E-state index contributed by atoms with van der Waals surface area (Å²) in [6, 6.07) is -0.628. The van der Waals surface area contributed by atoms with Gasteiger partial charge in [-0.15, -0.1) is 0 Å². The number of hydrogen-bond donors (Lipinski definition) is 3. The van der Waals surface area contributed by atoms with Crippen LogP contribution in [0.25, 0.3) is 0 Å². The SMILES string of the molecule is CCCCCCCCCCCC/C=C/CC/C=C/C(O)C(CO)NC(=O)CCC. The quantitative estimate of drug-likeness (QED) is 0.175. The van der Waals surface area contributed by atoms with E-state index in [1.807, 2.05) is 13.0 Å². The molecule has 170 valence electrons. The standard InChI is InChI=1S/C25H47NO3/c1-3-5-6-7-8-9-10-11-12-13-14-15-16-17-18-19-21-24(28)23(22-27)26-25(29)20-4-2/h15-16,19,21,23-24,27-28H,3-14,17-18,20,22H2,1-2H3,(H,26,29)/b16-15+,21-19+. The highest BCUT2D eigenvalue weighted by Gasteiger charge is 2.17. The largest absolute Gasteiger partial charge is 0.394 e. The van der Waals surface area contributed by atoms with E-state index in [0.717, 1.165) is 25.7 Å². The van der Waals surface area contributed by atoms with Gasteiger partial charge in [-0.3, -0.25) is 4.79 Å². The number of allylic oxidation sites excluding steroid dienone is 3. The summed E-state index contributed by atoms with van der Waals surface area (Å²) in [5, 5.41) is 22.1. The molecule has 1 amide bonds. The fourth-order valence-electron chi connectivity index (χ4n) is 3.29. The van der Waals surface area contributed by atoms with Crippen LogP contribution >= 0.6 is 0 Å². The van der Waals surface area contributed by atoms with Crippen molar-refractivity contribution in [3.63, 3.8) is 0 Å². The van der Waals surface area contributed by atoms with E-state index in [2.05, 4.69) is 24.4 Å². The molecule has 0 saturated heterocycles. The Morgan fingerprint density at radius 1 is 0.793 bits per heavy atom. The van der Waals surface area contributed by atoms with E-state index < -0.39 is 12.1 Å². The van der Waals surface area contributed by atoms with Crippen molar-refractivity contribution in [2.45, 2.75) is 122 Å². The molecule has 0 rings (SSSR count). The summed E-state index contributed by atoms with van der Waals surface area (Å²) in [5.74, 6) is -0.131. The molecule has 0 aliphatic heterocycles. The molecule has 0 saturated carbocycles. The number of nitrogens with one attached hydrogen (secondary N) is 1. The fraction of sp³-hybridized carbons (Fsp3) is 0.800. The van der Waals surface area contributed by atoms with Crippen LogP contribution in [-0.2, 0) is 4.79 Å². The van der Waals surface area contributed by atoms with Gasteiger partial charge in [0.25, 0.3) is 0 Å². The van der Waals surface area contributed by atoms with Gasteiger partial charge in [-0.1, -0.05) is 95.9 Å². The molecule has 2 atom stereocenters. The molecule has 0 radical (unpaired) electrons. The first-order valence-electron chi connectivity index (χ1n) is 12.1. The molecule has 0 fully saturated rings. The van der Waals surface area contributed by atoms with Gasteiger partial charge < -0.3 is 15.5 Å². The second kappa shape index (κ2) is 21.6. The number of amides is 1. The number of unbranched alkanes of at least 4 members (excludes halogenated alkanes) is 11. The second-order valence-electron chi connectivity index (χ2n) is 8.04. The highest BCUT2D eigenvalue weighted by atomic mass is 16.3. The average Bonchev–Trinajstić information content (AvgIpc) is 2.71. The third-order valence-electron chi connectivity index (χ3n) is 5.16. The smallest absolute Gasteiger partial charge is 0.220 e. The Morgan fingerprint density at radius 3 is 1.93 bits per heavy atom. The molecule has 0 bridgehead atoms. The molecule has 0 aromatic heterocycles. The maximum absolute atomic E-state index is 11.6. The summed E-state index contributed by atoms with van der Waals surface area (Å²) in [6.07, 6.45) is 25.0. The van der Waals surface area contributed by atoms with Gasteiger partial charge >= 0.3 is 0 Å². The molecular weight excluding hydrogens is 362 g/mol. The summed E-state index contributed by atoms with van der Waals surface area (Å²) >= 11 is 0. The van der Waals surface area contributed by atoms with E-state index in [0.29, 0.717) is 6.42 Å². The Morgan fingerprint density at radius 2 is 1.34 bits per heavy atom. The summed E-state index contributed by atoms with van der Waals surface area (Å²) < 4.78 is 0. The van der Waals surface area contributed by atoms with Crippen molar-refractivity contribution in [2.75, 3.05) is 6.61 Å². The lowest BCUT2D eigenvalue weighted by atomic mass is 10.1. The van der Waals surface area contributed by atoms with Gasteiger partial charge in [0.05, 0.1) is 18.8 Å². The molecule has 0 aliphatic rings. The zero-order valence-electron chi connectivity index (χ0n) is 19.1. The van der Waals surface area contributed by atoms with Crippen LogP contribution in [0.4, 0.5) is 0 Å². The van der Waals surface area contributed by atoms with Crippen LogP contribution < -0.4 is 5.32 Å². The van der Waals surface area contributed by atoms with Gasteiger partial charge in [0.1, 0.15) is 0 Å². The van der Waals surface area contributed by atoms with Gasteiger partial charge in [-0.05, 0) is 32.1 Å². The molecule has 0 aliphatic carbocycles. The highest BCUT2D eigenvalue weighted by Crippen LogP contribution is 2.11. The summed E-state index contributed by atoms with van der Waals surface area (Å²) in [5.41, 5.74) is 0. The summed E-state index contributed by atoms with van der Waals surface area (Å²) in [6.45, 7) is 3.93. The Bertz CT molecular complexity index is 420. The molecule has 0 heterocycles. The van der Waals surface area contributed by atoms with Crippen LogP contribution in [0.5, 0.6) is 0 Å². The van der Waals surface area contributed by atoms with Crippen LogP contribution in [0.1, 0.15) is 110 Å². The Labute approximate surface area is 179 Å². The van der Waals surface area contributed by atoms with Gasteiger partial charge in [-0.2, -0.15) is 0 Å². The number of aliphatic hydroxyl groups excluding tert-OH is 2. The molecule has 0 aromatic rings. The van der Waals surface area contributed by atoms with Crippen LogP contribution in [0.3, 0.4) is 0 Å². The van der Waals surface area contributed by atoms with E-state index in [1.54, 1.807) is 6.08 Å². The Hall–Kier alpha value is -1.13. The second-order valence-corrected chi connectivity index (χ2v) is 8.04. The van der Waals surface area contributed by atoms with Gasteiger partial charge in [-0.25, -0.2) is 0 Å². The van der Waals surface area contributed by atoms with E-state index in [1.165, 1.54) is 64.2 Å². The minimum Gasteiger partial charge on any atom is -0.394 e. The number of rotatable bonds is 20. The number of carbonyl (C=O) groups excluding carboxylic acids is 1. The van der Waals surface area contributed by atoms with E-state index in [4.69, 9.17) is 0 Å². The maximum Gasteiger partial charge on any atom is 0.220 e. The minimum absolute atomic E-state index is 0.131. The van der Waals surface area contributed by atoms with Crippen molar-refractivity contribution in [1.82, 2.24) is 5.32 Å². The monoisotopic (exact) mass is 409 g/mol. The van der Waals surface area contributed by atoms with Crippen LogP contribution in [0, 0.1) is 0 Å². The molecule has 29 heavy (non-hydrogen) atoms. The minimum atomic E-state index is -0.851. The molecular formula is C25H47NO3. The van der Waals surface area contributed by atoms with Crippen LogP contribution in [0.2, 0.25) is 0 Å². The average molecular weight is 410 g/mol. The van der Waals surface area contributed by atoms with Crippen LogP contribution in [0.15, 0.2) is 24.3 Å². The lowest BCUT2D eigenvalue weighted by molar-refractivity contribution is -0.122. The zero-order valence-corrected chi connectivity index (χ0v) is 19.1. The molecule has 2 unspecified atom stereocenters. The third kappa shape index (κ3) is 18.6. The lowest BCUT2D eigenvalue weighted by Gasteiger charge is -2.19. The summed E-state index contributed by atoms with van der Waals surface area (Å²) in [7, 11) is 0. The van der Waals surface area contributed by atoms with E-state index in [9.17, 15) is 15.0 Å². The maximum atomic E-state index is 11.6. The third-order valence-corrected chi connectivity index (χ3v) is 5.16. The van der Waals surface area contributed by atoms with Crippen molar-refractivity contribution in [3.05, 3.63) is 24.3 Å². The first kappa shape index (κ1) is 27.9. The topological polar surface area (TPSA) is 69.6 Å². The Kier molecular flexibility index (Phi) is 20.7. The predicted molar refractivity (Wildman–Crippen MR) is 124 cm³/mol. The molecule has 0 aromatic carbocycles. The normalized spacial score (nSPS) is 13.9. The van der Waals surface area contributed by atoms with Gasteiger partial charge in [0, 0.05) is 6.42 Å². The molecule has 4 nitrogen and oxygen atoms in total. The molecule has 3 N–H and O–H groups in total. The number of aliphatic hydroxyl groups is 2. The first-order chi connectivity index (χ1) is 14.2. The zero-order chi connectivity index (χ0) is 21.6. The highest BCUT2D eigenvalue weighted by molar-refractivity contribution is 5.76. The number of carbonyl (C=O) groups is 1. The van der Waals surface area contributed by atoms with Gasteiger partial charge in [0.2, 0.25) is 5.91 Å². The predicted octanol–water partition coefficient (Wildman–Crippen LogP) is 5.83. The fourth-order valence-corrected chi connectivity index (χ4v) is 3.29. The molecule has 4 heteroatoms. The lowest BCUT2D eigenvalue weighted by Crippen LogP contribution is -2.45. The van der Waals surface area contributed by atoms with Crippen LogP contribution in [-0.4, -0.2) is 34.9 Å². The first-order valence-corrected chi connectivity index (χ1v) is 12.1. The van der Waals surface area contributed by atoms with Crippen molar-refractivity contribution >= 4 is 5.91 Å². The van der Waals surface area contributed by atoms with E-state index in [-0.39, 0.29) is 12.5 Å². The Balaban J connectivity index is 3.61. The number of hydrogen-bond acceptors (Lipinski definition) is 3. The van der Waals surface area contributed by atoms with Crippen molar-refractivity contribution in [3.8, 4) is 0 Å². The molecule has 0 spiro atoms. The van der Waals surface area contributed by atoms with Crippen molar-refractivity contribution < 1.29 is 15.0 Å². The van der Waals surface area contributed by atoms with E-state index >= 15 is 0 Å². The van der Waals surface area contributed by atoms with Crippen molar-refractivity contribution in [1.29, 1.82) is 0 Å². The summed E-state index contributed by atoms with van der Waals surface area (Å²) in [4.78, 5) is 11.6.